The molecule has 0 radical (unpaired) electrons. The Kier molecular flexibility index (Phi) is 1.62. The van der Waals surface area contributed by atoms with E-state index in [0.29, 0.717) is 0 Å². The summed E-state index contributed by atoms with van der Waals surface area (Å²) in [5.41, 5.74) is 0. The lowest BCUT2D eigenvalue weighted by Crippen LogP contribution is -2.20. The molecule has 1 saturated carbocycles. The molecule has 60 valence electrons. The molecule has 1 aliphatic carbocycles. The Labute approximate surface area is 64.8 Å². The lowest BCUT2D eigenvalue weighted by Gasteiger charge is -2.12. The first-order chi connectivity index (χ1) is 5.38. The van der Waals surface area contributed by atoms with Gasteiger partial charge in [0.05, 0.1) is 24.5 Å². The van der Waals surface area contributed by atoms with E-state index in [4.69, 9.17) is 0 Å². The third-order valence-corrected chi connectivity index (χ3v) is 2.18. The number of hydrogen-bond donors (Lipinski definition) is 1. The van der Waals surface area contributed by atoms with Gasteiger partial charge in [0.2, 0.25) is 0 Å². The number of nitrogens with zero attached hydrogens (tertiary/aromatic N) is 3. The molecule has 1 aliphatic rings. The van der Waals surface area contributed by atoms with Crippen LogP contribution in [0.25, 0.3) is 0 Å². The predicted octanol–water partition coefficient (Wildman–Crippen LogP) is 0.364. The molecule has 2 unspecified atom stereocenters. The van der Waals surface area contributed by atoms with E-state index < -0.39 is 0 Å². The van der Waals surface area contributed by atoms with Crippen molar-refractivity contribution in [3.8, 4) is 0 Å². The van der Waals surface area contributed by atoms with Crippen LogP contribution in [0.2, 0.25) is 0 Å². The molecule has 0 aliphatic heterocycles. The molecular weight excluding hydrogens is 142 g/mol. The maximum Gasteiger partial charge on any atom is 0.0974 e. The van der Waals surface area contributed by atoms with Crippen LogP contribution in [0.5, 0.6) is 0 Å². The summed E-state index contributed by atoms with van der Waals surface area (Å²) < 4.78 is 0. The molecule has 2 rings (SSSR count). The van der Waals surface area contributed by atoms with Crippen LogP contribution in [0.1, 0.15) is 25.3 Å². The van der Waals surface area contributed by atoms with E-state index in [1.165, 1.54) is 0 Å². The van der Waals surface area contributed by atoms with E-state index in [0.717, 1.165) is 19.3 Å². The molecule has 0 amide bonds. The third-order valence-electron chi connectivity index (χ3n) is 2.18. The van der Waals surface area contributed by atoms with Gasteiger partial charge in [-0.15, -0.1) is 0 Å². The van der Waals surface area contributed by atoms with Crippen LogP contribution >= 0.6 is 0 Å². The molecule has 0 spiro atoms. The topological polar surface area (TPSA) is 50.9 Å². The van der Waals surface area contributed by atoms with E-state index in [1.54, 1.807) is 17.2 Å². The first-order valence-corrected chi connectivity index (χ1v) is 3.92. The summed E-state index contributed by atoms with van der Waals surface area (Å²) >= 11 is 0. The Balaban J connectivity index is 2.16. The van der Waals surface area contributed by atoms with Gasteiger partial charge in [-0.05, 0) is 19.3 Å². The van der Waals surface area contributed by atoms with Gasteiger partial charge in [0, 0.05) is 0 Å². The quantitative estimate of drug-likeness (QED) is 0.634. The van der Waals surface area contributed by atoms with E-state index in [9.17, 15) is 5.11 Å². The maximum atomic E-state index is 9.46. The minimum absolute atomic E-state index is 0.116. The highest BCUT2D eigenvalue weighted by Crippen LogP contribution is 2.28. The molecule has 1 heterocycles. The molecule has 1 aromatic heterocycles. The summed E-state index contributed by atoms with van der Waals surface area (Å²) in [6, 6.07) is 0.116. The summed E-state index contributed by atoms with van der Waals surface area (Å²) in [6.07, 6.45) is 5.99. The van der Waals surface area contributed by atoms with Crippen molar-refractivity contribution >= 4 is 0 Å². The molecule has 1 N–H and O–H groups in total. The van der Waals surface area contributed by atoms with Crippen LogP contribution in [0.4, 0.5) is 0 Å². The first-order valence-electron chi connectivity index (χ1n) is 3.92. The van der Waals surface area contributed by atoms with Crippen molar-refractivity contribution in [3.05, 3.63) is 12.4 Å². The summed E-state index contributed by atoms with van der Waals surface area (Å²) in [4.78, 5) is 1.61. The minimum Gasteiger partial charge on any atom is -0.391 e. The number of hydrogen-bond acceptors (Lipinski definition) is 3. The van der Waals surface area contributed by atoms with E-state index in [-0.39, 0.29) is 12.1 Å². The standard InChI is InChI=1S/C7H11N3O/c11-7-3-1-2-6(7)10-8-4-5-9-10/h4-7,11H,1-3H2. The second-order valence-electron chi connectivity index (χ2n) is 2.92. The second kappa shape index (κ2) is 2.62. The molecule has 0 aromatic carbocycles. The van der Waals surface area contributed by atoms with Gasteiger partial charge in [0.1, 0.15) is 0 Å². The van der Waals surface area contributed by atoms with Crippen LogP contribution in [-0.4, -0.2) is 26.2 Å². The smallest absolute Gasteiger partial charge is 0.0974 e. The van der Waals surface area contributed by atoms with Gasteiger partial charge in [0.25, 0.3) is 0 Å². The summed E-state index contributed by atoms with van der Waals surface area (Å²) in [5.74, 6) is 0. The number of rotatable bonds is 1. The lowest BCUT2D eigenvalue weighted by molar-refractivity contribution is 0.122. The molecule has 1 aromatic rings. The van der Waals surface area contributed by atoms with Crippen LogP contribution in [0, 0.1) is 0 Å². The Morgan fingerprint density at radius 1 is 1.27 bits per heavy atom. The van der Waals surface area contributed by atoms with Gasteiger partial charge >= 0.3 is 0 Å². The number of aromatic nitrogens is 3. The zero-order chi connectivity index (χ0) is 7.68. The number of aliphatic hydroxyl groups is 1. The van der Waals surface area contributed by atoms with Gasteiger partial charge in [-0.3, -0.25) is 0 Å². The molecule has 0 bridgehead atoms. The molecular formula is C7H11N3O. The van der Waals surface area contributed by atoms with Gasteiger partial charge in [0.15, 0.2) is 0 Å². The average molecular weight is 153 g/mol. The second-order valence-corrected chi connectivity index (χ2v) is 2.92. The Bertz CT molecular complexity index is 222. The van der Waals surface area contributed by atoms with Crippen LogP contribution in [0.15, 0.2) is 12.4 Å². The van der Waals surface area contributed by atoms with Crippen molar-refractivity contribution in [2.24, 2.45) is 0 Å². The molecule has 1 fully saturated rings. The van der Waals surface area contributed by atoms with E-state index in [2.05, 4.69) is 10.2 Å². The van der Waals surface area contributed by atoms with Crippen molar-refractivity contribution in [2.75, 3.05) is 0 Å². The summed E-state index contributed by atoms with van der Waals surface area (Å²) in [6.45, 7) is 0. The van der Waals surface area contributed by atoms with Crippen molar-refractivity contribution in [1.29, 1.82) is 0 Å². The highest BCUT2D eigenvalue weighted by molar-refractivity contribution is 4.79. The van der Waals surface area contributed by atoms with Gasteiger partial charge in [-0.25, -0.2) is 0 Å². The predicted molar refractivity (Wildman–Crippen MR) is 38.9 cm³/mol. The Morgan fingerprint density at radius 3 is 2.55 bits per heavy atom. The summed E-state index contributed by atoms with van der Waals surface area (Å²) in [7, 11) is 0. The lowest BCUT2D eigenvalue weighted by atomic mass is 10.2. The monoisotopic (exact) mass is 153 g/mol. The molecule has 4 nitrogen and oxygen atoms in total. The fraction of sp³-hybridized carbons (Fsp3) is 0.714. The SMILES string of the molecule is OC1CCCC1n1nccn1. The zero-order valence-electron chi connectivity index (χ0n) is 6.22. The van der Waals surface area contributed by atoms with Crippen molar-refractivity contribution in [3.63, 3.8) is 0 Å². The summed E-state index contributed by atoms with van der Waals surface area (Å²) in [5, 5.41) is 17.4. The highest BCUT2D eigenvalue weighted by atomic mass is 16.3. The maximum absolute atomic E-state index is 9.46. The minimum atomic E-state index is -0.248. The highest BCUT2D eigenvalue weighted by Gasteiger charge is 2.27. The van der Waals surface area contributed by atoms with Gasteiger partial charge in [-0.1, -0.05) is 0 Å². The Hall–Kier alpha value is -0.900. The van der Waals surface area contributed by atoms with Gasteiger partial charge in [-0.2, -0.15) is 15.0 Å². The van der Waals surface area contributed by atoms with Crippen LogP contribution in [-0.2, 0) is 0 Å². The fourth-order valence-corrected chi connectivity index (χ4v) is 1.59. The average Bonchev–Trinajstić information content (AvgIpc) is 2.55. The van der Waals surface area contributed by atoms with Crippen molar-refractivity contribution < 1.29 is 5.11 Å². The Morgan fingerprint density at radius 2 is 2.00 bits per heavy atom. The van der Waals surface area contributed by atoms with E-state index in [1.807, 2.05) is 0 Å². The number of aliphatic hydroxyl groups excluding tert-OH is 1. The zero-order valence-corrected chi connectivity index (χ0v) is 6.22. The van der Waals surface area contributed by atoms with Crippen LogP contribution in [0.3, 0.4) is 0 Å². The van der Waals surface area contributed by atoms with Crippen molar-refractivity contribution in [2.45, 2.75) is 31.4 Å². The third kappa shape index (κ3) is 1.14. The molecule has 4 heteroatoms. The normalized spacial score (nSPS) is 31.0. The largest absolute Gasteiger partial charge is 0.391 e. The first kappa shape index (κ1) is 6.79. The molecule has 2 atom stereocenters. The molecule has 11 heavy (non-hydrogen) atoms. The van der Waals surface area contributed by atoms with E-state index >= 15 is 0 Å². The molecule has 0 saturated heterocycles. The fourth-order valence-electron chi connectivity index (χ4n) is 1.59. The van der Waals surface area contributed by atoms with Crippen LogP contribution < -0.4 is 0 Å². The van der Waals surface area contributed by atoms with Crippen molar-refractivity contribution in [1.82, 2.24) is 15.0 Å². The van der Waals surface area contributed by atoms with Gasteiger partial charge < -0.3 is 5.11 Å².